The monoisotopic (exact) mass is 200 g/mol. The Bertz CT molecular complexity index is 230. The van der Waals surface area contributed by atoms with Gasteiger partial charge in [-0.25, -0.2) is 0 Å². The van der Waals surface area contributed by atoms with E-state index in [1.807, 2.05) is 4.90 Å². The lowest BCUT2D eigenvalue weighted by molar-refractivity contribution is -0.144. The fraction of sp³-hybridized carbons (Fsp3) is 0.778. The Labute approximate surface area is 82.9 Å². The van der Waals surface area contributed by atoms with E-state index >= 15 is 0 Å². The largest absolute Gasteiger partial charge is 0.481 e. The summed E-state index contributed by atoms with van der Waals surface area (Å²) in [5, 5.41) is 8.83. The number of primary amides is 1. The molecule has 0 saturated carbocycles. The number of likely N-dealkylation sites (tertiary alicyclic amines) is 1. The quantitative estimate of drug-likeness (QED) is 0.652. The van der Waals surface area contributed by atoms with Crippen LogP contribution in [0, 0.1) is 5.92 Å². The van der Waals surface area contributed by atoms with E-state index < -0.39 is 11.9 Å². The van der Waals surface area contributed by atoms with Gasteiger partial charge in [-0.3, -0.25) is 14.5 Å². The van der Waals surface area contributed by atoms with Gasteiger partial charge in [-0.2, -0.15) is 0 Å². The molecule has 1 heterocycles. The van der Waals surface area contributed by atoms with Gasteiger partial charge in [-0.15, -0.1) is 0 Å². The van der Waals surface area contributed by atoms with E-state index in [1.165, 1.54) is 0 Å². The van der Waals surface area contributed by atoms with Gasteiger partial charge in [0.1, 0.15) is 0 Å². The topological polar surface area (TPSA) is 83.6 Å². The summed E-state index contributed by atoms with van der Waals surface area (Å²) in [7, 11) is 0. The second-order valence-corrected chi connectivity index (χ2v) is 3.75. The van der Waals surface area contributed by atoms with Crippen LogP contribution >= 0.6 is 0 Å². The van der Waals surface area contributed by atoms with Gasteiger partial charge >= 0.3 is 5.97 Å². The summed E-state index contributed by atoms with van der Waals surface area (Å²) >= 11 is 0. The Kier molecular flexibility index (Phi) is 3.46. The first-order chi connectivity index (χ1) is 6.52. The number of carboxylic acid groups (broad SMARTS) is 1. The van der Waals surface area contributed by atoms with Crippen LogP contribution in [0.5, 0.6) is 0 Å². The van der Waals surface area contributed by atoms with Gasteiger partial charge in [-0.1, -0.05) is 0 Å². The Morgan fingerprint density at radius 2 is 2.21 bits per heavy atom. The highest BCUT2D eigenvalue weighted by atomic mass is 16.4. The van der Waals surface area contributed by atoms with Gasteiger partial charge in [0.15, 0.2) is 0 Å². The number of rotatable bonds is 3. The third-order valence-electron chi connectivity index (χ3n) is 2.76. The molecule has 2 atom stereocenters. The van der Waals surface area contributed by atoms with Gasteiger partial charge in [0.05, 0.1) is 12.0 Å². The molecule has 2 unspecified atom stereocenters. The van der Waals surface area contributed by atoms with Crippen molar-refractivity contribution in [2.45, 2.75) is 25.8 Å². The van der Waals surface area contributed by atoms with Crippen molar-refractivity contribution in [1.82, 2.24) is 4.90 Å². The maximum atomic E-state index is 10.9. The van der Waals surface area contributed by atoms with Crippen molar-refractivity contribution in [3.05, 3.63) is 0 Å². The summed E-state index contributed by atoms with van der Waals surface area (Å²) in [6.07, 6.45) is 1.51. The van der Waals surface area contributed by atoms with Crippen LogP contribution in [0.4, 0.5) is 0 Å². The minimum absolute atomic E-state index is 0.356. The van der Waals surface area contributed by atoms with Crippen molar-refractivity contribution < 1.29 is 14.7 Å². The molecule has 1 fully saturated rings. The molecule has 1 amide bonds. The zero-order chi connectivity index (χ0) is 10.7. The Morgan fingerprint density at radius 1 is 1.57 bits per heavy atom. The van der Waals surface area contributed by atoms with Crippen molar-refractivity contribution in [3.63, 3.8) is 0 Å². The van der Waals surface area contributed by atoms with Crippen LogP contribution in [0.2, 0.25) is 0 Å². The molecule has 0 bridgehead atoms. The number of nitrogens with zero attached hydrogens (tertiary/aromatic N) is 1. The van der Waals surface area contributed by atoms with Gasteiger partial charge in [0.25, 0.3) is 0 Å². The molecule has 0 aromatic heterocycles. The zero-order valence-corrected chi connectivity index (χ0v) is 8.27. The molecule has 1 aliphatic heterocycles. The summed E-state index contributed by atoms with van der Waals surface area (Å²) in [5.41, 5.74) is 5.16. The number of aliphatic carboxylic acids is 1. The normalized spacial score (nSPS) is 25.6. The van der Waals surface area contributed by atoms with Crippen LogP contribution in [0.1, 0.15) is 19.8 Å². The van der Waals surface area contributed by atoms with Gasteiger partial charge in [-0.05, 0) is 26.3 Å². The summed E-state index contributed by atoms with van der Waals surface area (Å²) in [6.45, 7) is 2.90. The van der Waals surface area contributed by atoms with Crippen molar-refractivity contribution in [2.24, 2.45) is 11.7 Å². The summed E-state index contributed by atoms with van der Waals surface area (Å²) in [6, 6.07) is -0.364. The first-order valence-corrected chi connectivity index (χ1v) is 4.78. The van der Waals surface area contributed by atoms with E-state index in [2.05, 4.69) is 0 Å². The molecule has 14 heavy (non-hydrogen) atoms. The number of nitrogens with two attached hydrogens (primary N) is 1. The molecule has 0 aromatic rings. The minimum Gasteiger partial charge on any atom is -0.481 e. The number of piperidine rings is 1. The second kappa shape index (κ2) is 4.41. The lowest BCUT2D eigenvalue weighted by atomic mass is 9.97. The van der Waals surface area contributed by atoms with Crippen LogP contribution in [0.3, 0.4) is 0 Å². The number of carbonyl (C=O) groups excluding carboxylic acids is 1. The standard InChI is InChI=1S/C9H16N2O3/c1-6(8(10)12)11-4-2-3-7(5-11)9(13)14/h6-7H,2-5H2,1H3,(H2,10,12)(H,13,14). The average molecular weight is 200 g/mol. The Balaban J connectivity index is 2.55. The van der Waals surface area contributed by atoms with E-state index in [1.54, 1.807) is 6.92 Å². The highest BCUT2D eigenvalue weighted by Crippen LogP contribution is 2.18. The molecule has 80 valence electrons. The number of hydrogen-bond donors (Lipinski definition) is 2. The maximum absolute atomic E-state index is 10.9. The third kappa shape index (κ3) is 2.45. The SMILES string of the molecule is CC(C(N)=O)N1CCCC(C(=O)O)C1. The molecule has 1 aliphatic rings. The van der Waals surface area contributed by atoms with Crippen LogP contribution < -0.4 is 5.73 Å². The molecule has 1 saturated heterocycles. The maximum Gasteiger partial charge on any atom is 0.307 e. The Hall–Kier alpha value is -1.10. The lowest BCUT2D eigenvalue weighted by Gasteiger charge is -2.33. The first kappa shape index (κ1) is 11.0. The predicted octanol–water partition coefficient (Wildman–Crippen LogP) is -0.343. The molecule has 1 rings (SSSR count). The van der Waals surface area contributed by atoms with Crippen LogP contribution in [-0.2, 0) is 9.59 Å². The number of hydrogen-bond acceptors (Lipinski definition) is 3. The van der Waals surface area contributed by atoms with Gasteiger partial charge < -0.3 is 10.8 Å². The van der Waals surface area contributed by atoms with Gasteiger partial charge in [0, 0.05) is 6.54 Å². The van der Waals surface area contributed by atoms with Crippen molar-refractivity contribution in [3.8, 4) is 0 Å². The summed E-state index contributed by atoms with van der Waals surface area (Å²) < 4.78 is 0. The van der Waals surface area contributed by atoms with Crippen molar-refractivity contribution in [1.29, 1.82) is 0 Å². The average Bonchev–Trinajstić information content (AvgIpc) is 2.16. The van der Waals surface area contributed by atoms with E-state index in [-0.39, 0.29) is 12.0 Å². The molecule has 0 radical (unpaired) electrons. The van der Waals surface area contributed by atoms with Crippen LogP contribution in [-0.4, -0.2) is 41.0 Å². The second-order valence-electron chi connectivity index (χ2n) is 3.75. The van der Waals surface area contributed by atoms with Crippen molar-refractivity contribution >= 4 is 11.9 Å². The molecule has 0 aliphatic carbocycles. The number of carboxylic acids is 1. The predicted molar refractivity (Wildman–Crippen MR) is 50.6 cm³/mol. The molecular weight excluding hydrogens is 184 g/mol. The summed E-state index contributed by atoms with van der Waals surface area (Å²) in [5.74, 6) is -1.53. The molecule has 0 spiro atoms. The van der Waals surface area contributed by atoms with Crippen LogP contribution in [0.25, 0.3) is 0 Å². The highest BCUT2D eigenvalue weighted by molar-refractivity contribution is 5.79. The van der Waals surface area contributed by atoms with E-state index in [0.29, 0.717) is 13.0 Å². The van der Waals surface area contributed by atoms with E-state index in [9.17, 15) is 9.59 Å². The van der Waals surface area contributed by atoms with E-state index in [0.717, 1.165) is 13.0 Å². The molecular formula is C9H16N2O3. The first-order valence-electron chi connectivity index (χ1n) is 4.78. The van der Waals surface area contributed by atoms with Crippen molar-refractivity contribution in [2.75, 3.05) is 13.1 Å². The highest BCUT2D eigenvalue weighted by Gasteiger charge is 2.29. The summed E-state index contributed by atoms with van der Waals surface area (Å²) in [4.78, 5) is 23.5. The fourth-order valence-corrected chi connectivity index (χ4v) is 1.74. The third-order valence-corrected chi connectivity index (χ3v) is 2.76. The van der Waals surface area contributed by atoms with Gasteiger partial charge in [0.2, 0.25) is 5.91 Å². The molecule has 5 heteroatoms. The molecule has 3 N–H and O–H groups in total. The minimum atomic E-state index is -0.786. The van der Waals surface area contributed by atoms with Crippen LogP contribution in [0.15, 0.2) is 0 Å². The smallest absolute Gasteiger partial charge is 0.307 e. The molecule has 5 nitrogen and oxygen atoms in total. The fourth-order valence-electron chi connectivity index (χ4n) is 1.74. The molecule has 0 aromatic carbocycles. The number of amides is 1. The number of carbonyl (C=O) groups is 2. The lowest BCUT2D eigenvalue weighted by Crippen LogP contribution is -2.48. The van der Waals surface area contributed by atoms with E-state index in [4.69, 9.17) is 10.8 Å². The Morgan fingerprint density at radius 3 is 2.71 bits per heavy atom. The zero-order valence-electron chi connectivity index (χ0n) is 8.27.